The van der Waals surface area contributed by atoms with E-state index in [0.29, 0.717) is 13.2 Å². The van der Waals surface area contributed by atoms with Crippen LogP contribution in [0.5, 0.6) is 5.75 Å². The minimum absolute atomic E-state index is 0.569. The number of ether oxygens (including phenoxy) is 1. The van der Waals surface area contributed by atoms with Crippen LogP contribution in [0.3, 0.4) is 0 Å². The van der Waals surface area contributed by atoms with E-state index < -0.39 is 0 Å². The van der Waals surface area contributed by atoms with Gasteiger partial charge >= 0.3 is 0 Å². The van der Waals surface area contributed by atoms with Gasteiger partial charge in [0.15, 0.2) is 5.96 Å². The van der Waals surface area contributed by atoms with Crippen molar-refractivity contribution in [3.8, 4) is 5.75 Å². The molecule has 0 aliphatic carbocycles. The normalized spacial score (nSPS) is 11.5. The van der Waals surface area contributed by atoms with Crippen molar-refractivity contribution in [2.45, 2.75) is 13.3 Å². The van der Waals surface area contributed by atoms with Gasteiger partial charge in [0.25, 0.3) is 0 Å². The molecule has 0 saturated heterocycles. The number of hydrogen-bond acceptors (Lipinski definition) is 4. The third kappa shape index (κ3) is 4.95. The number of nitrogens with one attached hydrogen (secondary N) is 2. The van der Waals surface area contributed by atoms with Crippen molar-refractivity contribution in [3.63, 3.8) is 0 Å². The summed E-state index contributed by atoms with van der Waals surface area (Å²) in [5.74, 6) is 1.69. The van der Waals surface area contributed by atoms with E-state index in [9.17, 15) is 0 Å². The fourth-order valence-electron chi connectivity index (χ4n) is 2.70. The summed E-state index contributed by atoms with van der Waals surface area (Å²) in [4.78, 5) is 8.71. The molecule has 5 nitrogen and oxygen atoms in total. The molecule has 0 fully saturated rings. The Kier molecular flexibility index (Phi) is 6.44. The van der Waals surface area contributed by atoms with Gasteiger partial charge in [0.05, 0.1) is 17.2 Å². The number of hydrogen-bond donors (Lipinski definition) is 2. The van der Waals surface area contributed by atoms with Crippen LogP contribution in [-0.2, 0) is 6.42 Å². The molecule has 0 unspecified atom stereocenters. The molecule has 0 bridgehead atoms. The number of aliphatic imine (C=N–C) groups is 1. The number of guanidine groups is 1. The third-order valence-corrected chi connectivity index (χ3v) is 4.79. The van der Waals surface area contributed by atoms with Crippen molar-refractivity contribution in [2.24, 2.45) is 4.99 Å². The smallest absolute Gasteiger partial charge is 0.191 e. The first-order chi connectivity index (χ1) is 12.8. The molecule has 0 saturated carbocycles. The molecule has 6 heteroatoms. The van der Waals surface area contributed by atoms with E-state index in [0.717, 1.165) is 40.8 Å². The van der Waals surface area contributed by atoms with Crippen molar-refractivity contribution >= 4 is 28.1 Å². The van der Waals surface area contributed by atoms with Crippen LogP contribution in [0.15, 0.2) is 52.8 Å². The van der Waals surface area contributed by atoms with Crippen LogP contribution in [0.25, 0.3) is 10.8 Å². The van der Waals surface area contributed by atoms with Gasteiger partial charge in [-0.05, 0) is 18.4 Å². The van der Waals surface area contributed by atoms with Gasteiger partial charge in [0.1, 0.15) is 12.4 Å². The monoisotopic (exact) mass is 368 g/mol. The quantitative estimate of drug-likeness (QED) is 0.381. The highest BCUT2D eigenvalue weighted by atomic mass is 32.1. The van der Waals surface area contributed by atoms with Crippen molar-refractivity contribution in [1.29, 1.82) is 0 Å². The second-order valence-electron chi connectivity index (χ2n) is 5.86. The highest BCUT2D eigenvalue weighted by Crippen LogP contribution is 2.24. The van der Waals surface area contributed by atoms with Crippen LogP contribution in [0.1, 0.15) is 10.7 Å². The maximum absolute atomic E-state index is 5.94. The first-order valence-electron chi connectivity index (χ1n) is 8.72. The van der Waals surface area contributed by atoms with Crippen LogP contribution in [0.4, 0.5) is 0 Å². The van der Waals surface area contributed by atoms with E-state index >= 15 is 0 Å². The van der Waals surface area contributed by atoms with E-state index in [-0.39, 0.29) is 0 Å². The number of rotatable bonds is 7. The highest BCUT2D eigenvalue weighted by molar-refractivity contribution is 7.09. The van der Waals surface area contributed by atoms with Gasteiger partial charge in [-0.15, -0.1) is 11.3 Å². The molecule has 0 radical (unpaired) electrons. The minimum atomic E-state index is 0.569. The van der Waals surface area contributed by atoms with Gasteiger partial charge in [0.2, 0.25) is 0 Å². The topological polar surface area (TPSA) is 58.5 Å². The van der Waals surface area contributed by atoms with Crippen LogP contribution in [0.2, 0.25) is 0 Å². The largest absolute Gasteiger partial charge is 0.491 e. The van der Waals surface area contributed by atoms with Crippen molar-refractivity contribution < 1.29 is 4.74 Å². The molecular formula is C20H24N4OS. The molecule has 1 aromatic heterocycles. The Morgan fingerprint density at radius 2 is 1.92 bits per heavy atom. The predicted octanol–water partition coefficient (Wildman–Crippen LogP) is 3.39. The Bertz CT molecular complexity index is 870. The average molecular weight is 369 g/mol. The maximum Gasteiger partial charge on any atom is 0.191 e. The molecule has 2 N–H and O–H groups in total. The summed E-state index contributed by atoms with van der Waals surface area (Å²) < 4.78 is 5.94. The molecule has 136 valence electrons. The number of thiazole rings is 1. The summed E-state index contributed by atoms with van der Waals surface area (Å²) in [5.41, 5.74) is 1.12. The third-order valence-electron chi connectivity index (χ3n) is 3.97. The molecule has 2 aromatic carbocycles. The Morgan fingerprint density at radius 3 is 2.73 bits per heavy atom. The van der Waals surface area contributed by atoms with Crippen molar-refractivity contribution in [1.82, 2.24) is 15.6 Å². The lowest BCUT2D eigenvalue weighted by Gasteiger charge is -2.13. The summed E-state index contributed by atoms with van der Waals surface area (Å²) in [6.07, 6.45) is 0.886. The number of nitrogens with zero attached hydrogens (tertiary/aromatic N) is 2. The van der Waals surface area contributed by atoms with Crippen molar-refractivity contribution in [3.05, 3.63) is 58.5 Å². The SMILES string of the molecule is CN=C(NCCOc1cccc2ccccc12)NCCc1csc(C)n1. The molecular weight excluding hydrogens is 344 g/mol. The standard InChI is InChI=1S/C20H24N4OS/c1-15-24-17(14-26-15)10-11-22-20(21-2)23-12-13-25-19-9-5-7-16-6-3-4-8-18(16)19/h3-9,14H,10-13H2,1-2H3,(H2,21,22,23). The number of aryl methyl sites for hydroxylation is 1. The molecule has 3 aromatic rings. The molecule has 0 amide bonds. The van der Waals surface area contributed by atoms with E-state index in [4.69, 9.17) is 4.74 Å². The van der Waals surface area contributed by atoms with Gasteiger partial charge < -0.3 is 15.4 Å². The summed E-state index contributed by atoms with van der Waals surface area (Å²) in [7, 11) is 1.77. The van der Waals surface area contributed by atoms with E-state index in [1.807, 2.05) is 31.2 Å². The Labute approximate surface area is 158 Å². The van der Waals surface area contributed by atoms with Gasteiger partial charge in [-0.3, -0.25) is 4.99 Å². The molecule has 26 heavy (non-hydrogen) atoms. The lowest BCUT2D eigenvalue weighted by atomic mass is 10.1. The minimum Gasteiger partial charge on any atom is -0.491 e. The number of benzene rings is 2. The zero-order chi connectivity index (χ0) is 18.2. The van der Waals surface area contributed by atoms with Crippen LogP contribution >= 0.6 is 11.3 Å². The molecule has 0 spiro atoms. The lowest BCUT2D eigenvalue weighted by molar-refractivity contribution is 0.325. The summed E-state index contributed by atoms with van der Waals surface area (Å²) >= 11 is 1.68. The second-order valence-corrected chi connectivity index (χ2v) is 6.92. The van der Waals surface area contributed by atoms with Crippen LogP contribution < -0.4 is 15.4 Å². The Balaban J connectivity index is 1.41. The fraction of sp³-hybridized carbons (Fsp3) is 0.300. The Hall–Kier alpha value is -2.60. The first kappa shape index (κ1) is 18.2. The van der Waals surface area contributed by atoms with Gasteiger partial charge in [-0.25, -0.2) is 4.98 Å². The van der Waals surface area contributed by atoms with Gasteiger partial charge in [0, 0.05) is 30.8 Å². The van der Waals surface area contributed by atoms with Gasteiger partial charge in [-0.1, -0.05) is 36.4 Å². The van der Waals surface area contributed by atoms with Gasteiger partial charge in [-0.2, -0.15) is 0 Å². The summed E-state index contributed by atoms with van der Waals surface area (Å²) in [6, 6.07) is 14.4. The molecule has 0 aliphatic rings. The summed E-state index contributed by atoms with van der Waals surface area (Å²) in [5, 5.41) is 12.1. The number of fused-ring (bicyclic) bond motifs is 1. The molecule has 0 atom stereocenters. The van der Waals surface area contributed by atoms with Crippen molar-refractivity contribution in [2.75, 3.05) is 26.7 Å². The molecule has 0 aliphatic heterocycles. The summed E-state index contributed by atoms with van der Waals surface area (Å²) in [6.45, 7) is 4.07. The first-order valence-corrected chi connectivity index (χ1v) is 9.60. The zero-order valence-electron chi connectivity index (χ0n) is 15.2. The van der Waals surface area contributed by atoms with E-state index in [1.165, 1.54) is 5.39 Å². The molecule has 1 heterocycles. The molecule has 3 rings (SSSR count). The average Bonchev–Trinajstić information content (AvgIpc) is 3.09. The zero-order valence-corrected chi connectivity index (χ0v) is 16.0. The van der Waals surface area contributed by atoms with Crippen LogP contribution in [-0.4, -0.2) is 37.7 Å². The Morgan fingerprint density at radius 1 is 1.12 bits per heavy atom. The number of aromatic nitrogens is 1. The second kappa shape index (κ2) is 9.20. The highest BCUT2D eigenvalue weighted by Gasteiger charge is 2.03. The van der Waals surface area contributed by atoms with E-state index in [1.54, 1.807) is 18.4 Å². The lowest BCUT2D eigenvalue weighted by Crippen LogP contribution is -2.40. The fourth-order valence-corrected chi connectivity index (χ4v) is 3.35. The van der Waals surface area contributed by atoms with Crippen LogP contribution in [0, 0.1) is 6.92 Å². The van der Waals surface area contributed by atoms with E-state index in [2.05, 4.69) is 44.2 Å². The maximum atomic E-state index is 5.94. The predicted molar refractivity (Wildman–Crippen MR) is 109 cm³/mol.